The van der Waals surface area contributed by atoms with Crippen LogP contribution in [-0.4, -0.2) is 22.1 Å². The van der Waals surface area contributed by atoms with Crippen LogP contribution in [0.5, 0.6) is 5.75 Å². The number of aromatic nitrogens is 3. The van der Waals surface area contributed by atoms with Gasteiger partial charge in [0.15, 0.2) is 5.82 Å². The van der Waals surface area contributed by atoms with Crippen LogP contribution in [0.4, 0.5) is 15.9 Å². The highest BCUT2D eigenvalue weighted by Crippen LogP contribution is 2.32. The molecule has 5 nitrogen and oxygen atoms in total. The number of alkyl halides is 1. The van der Waals surface area contributed by atoms with Crippen molar-refractivity contribution in [2.45, 2.75) is 4.43 Å². The summed E-state index contributed by atoms with van der Waals surface area (Å²) in [6, 6.07) is 22.8. The van der Waals surface area contributed by atoms with E-state index in [-0.39, 0.29) is 5.82 Å². The van der Waals surface area contributed by atoms with Gasteiger partial charge >= 0.3 is 0 Å². The zero-order valence-corrected chi connectivity index (χ0v) is 20.5. The third-order valence-corrected chi connectivity index (χ3v) is 6.31. The van der Waals surface area contributed by atoms with Crippen molar-refractivity contribution >= 4 is 45.0 Å². The quantitative estimate of drug-likeness (QED) is 0.176. The Morgan fingerprint density at radius 2 is 1.74 bits per heavy atom. The van der Waals surface area contributed by atoms with E-state index in [0.29, 0.717) is 21.6 Å². The summed E-state index contributed by atoms with van der Waals surface area (Å²) < 4.78 is 19.9. The van der Waals surface area contributed by atoms with Crippen LogP contribution in [0, 0.1) is 5.82 Å². The Hall–Kier alpha value is -3.59. The summed E-state index contributed by atoms with van der Waals surface area (Å²) in [6.45, 7) is 0. The van der Waals surface area contributed by atoms with Gasteiger partial charge in [-0.1, -0.05) is 40.8 Å². The lowest BCUT2D eigenvalue weighted by Crippen LogP contribution is -2.01. The summed E-state index contributed by atoms with van der Waals surface area (Å²) >= 11 is 2.16. The molecule has 0 bridgehead atoms. The van der Waals surface area contributed by atoms with E-state index in [1.165, 1.54) is 6.07 Å². The maximum absolute atomic E-state index is 14.1. The Labute approximate surface area is 210 Å². The predicted molar refractivity (Wildman–Crippen MR) is 142 cm³/mol. The fourth-order valence-corrected chi connectivity index (χ4v) is 4.29. The van der Waals surface area contributed by atoms with E-state index in [0.717, 1.165) is 39.0 Å². The number of rotatable bonds is 6. The fourth-order valence-electron chi connectivity index (χ4n) is 3.70. The molecule has 5 rings (SSSR count). The van der Waals surface area contributed by atoms with E-state index in [2.05, 4.69) is 39.0 Å². The molecule has 0 fully saturated rings. The van der Waals surface area contributed by atoms with Crippen LogP contribution in [0.15, 0.2) is 85.2 Å². The average molecular weight is 562 g/mol. The van der Waals surface area contributed by atoms with Crippen molar-refractivity contribution in [2.24, 2.45) is 0 Å². The Morgan fingerprint density at radius 1 is 0.912 bits per heavy atom. The molecule has 2 heterocycles. The minimum absolute atomic E-state index is 0.217. The first-order valence-electron chi connectivity index (χ1n) is 10.6. The topological polar surface area (TPSA) is 59.9 Å². The molecule has 1 N–H and O–H groups in total. The normalized spacial score (nSPS) is 10.9. The van der Waals surface area contributed by atoms with E-state index < -0.39 is 0 Å². The minimum atomic E-state index is -0.217. The number of fused-ring (bicyclic) bond motifs is 1. The first-order chi connectivity index (χ1) is 16.6. The summed E-state index contributed by atoms with van der Waals surface area (Å²) in [7, 11) is 1.65. The van der Waals surface area contributed by atoms with Crippen molar-refractivity contribution in [3.8, 4) is 28.3 Å². The Morgan fingerprint density at radius 3 is 2.47 bits per heavy atom. The van der Waals surface area contributed by atoms with Gasteiger partial charge in [-0.3, -0.25) is 4.98 Å². The third-order valence-electron chi connectivity index (χ3n) is 5.49. The maximum atomic E-state index is 14.1. The number of nitrogens with one attached hydrogen (secondary N) is 1. The maximum Gasteiger partial charge on any atom is 0.163 e. The number of benzene rings is 3. The van der Waals surface area contributed by atoms with Crippen LogP contribution in [0.2, 0.25) is 0 Å². The average Bonchev–Trinajstić information content (AvgIpc) is 2.90. The zero-order valence-electron chi connectivity index (χ0n) is 18.3. The summed E-state index contributed by atoms with van der Waals surface area (Å²) in [5, 5.41) is 4.26. The number of halogens is 2. The fraction of sp³-hybridized carbons (Fsp3) is 0.0741. The second kappa shape index (κ2) is 9.72. The monoisotopic (exact) mass is 562 g/mol. The molecule has 0 saturated heterocycles. The van der Waals surface area contributed by atoms with Crippen LogP contribution < -0.4 is 10.1 Å². The summed E-state index contributed by atoms with van der Waals surface area (Å²) in [4.78, 5) is 13.8. The first kappa shape index (κ1) is 22.2. The molecule has 0 amide bonds. The van der Waals surface area contributed by atoms with Crippen LogP contribution in [-0.2, 0) is 4.43 Å². The van der Waals surface area contributed by atoms with Gasteiger partial charge in [-0.15, -0.1) is 0 Å². The van der Waals surface area contributed by atoms with E-state index in [4.69, 9.17) is 14.7 Å². The van der Waals surface area contributed by atoms with Crippen molar-refractivity contribution in [2.75, 3.05) is 12.4 Å². The SMILES string of the molecule is COc1ccc(-c2ccc3nc(-c4cccnc4)nc(Nc4ccc(F)c(CI)c4)c3c2)cc1. The van der Waals surface area contributed by atoms with Gasteiger partial charge in [-0.25, -0.2) is 14.4 Å². The van der Waals surface area contributed by atoms with Crippen molar-refractivity contribution in [3.63, 3.8) is 0 Å². The largest absolute Gasteiger partial charge is 0.497 e. The molecule has 0 aliphatic heterocycles. The van der Waals surface area contributed by atoms with Crippen LogP contribution >= 0.6 is 22.6 Å². The minimum Gasteiger partial charge on any atom is -0.497 e. The van der Waals surface area contributed by atoms with Gasteiger partial charge in [-0.2, -0.15) is 0 Å². The molecule has 3 aromatic carbocycles. The molecule has 0 aliphatic rings. The third kappa shape index (κ3) is 4.56. The number of hydrogen-bond donors (Lipinski definition) is 1. The van der Waals surface area contributed by atoms with Crippen molar-refractivity contribution in [1.82, 2.24) is 15.0 Å². The second-order valence-electron chi connectivity index (χ2n) is 7.66. The Balaban J connectivity index is 1.65. The molecule has 0 radical (unpaired) electrons. The van der Waals surface area contributed by atoms with Gasteiger partial charge in [-0.05, 0) is 71.3 Å². The number of hydrogen-bond acceptors (Lipinski definition) is 5. The number of nitrogens with zero attached hydrogens (tertiary/aromatic N) is 3. The first-order valence-corrected chi connectivity index (χ1v) is 12.2. The number of pyridine rings is 1. The van der Waals surface area contributed by atoms with Gasteiger partial charge in [0.05, 0.1) is 12.6 Å². The van der Waals surface area contributed by atoms with Crippen molar-refractivity contribution in [1.29, 1.82) is 0 Å². The molecule has 0 spiro atoms. The van der Waals surface area contributed by atoms with E-state index >= 15 is 0 Å². The van der Waals surface area contributed by atoms with Crippen LogP contribution in [0.1, 0.15) is 5.56 Å². The lowest BCUT2D eigenvalue weighted by molar-refractivity contribution is 0.415. The molecule has 168 valence electrons. The summed E-state index contributed by atoms with van der Waals surface area (Å²) in [6.07, 6.45) is 3.46. The van der Waals surface area contributed by atoms with Gasteiger partial charge < -0.3 is 10.1 Å². The molecule has 34 heavy (non-hydrogen) atoms. The van der Waals surface area contributed by atoms with Crippen LogP contribution in [0.3, 0.4) is 0 Å². The molecule has 7 heteroatoms. The van der Waals surface area contributed by atoms with Crippen molar-refractivity contribution in [3.05, 3.63) is 96.6 Å². The van der Waals surface area contributed by atoms with Gasteiger partial charge in [0.25, 0.3) is 0 Å². The Kier molecular flexibility index (Phi) is 6.35. The highest BCUT2D eigenvalue weighted by molar-refractivity contribution is 14.1. The lowest BCUT2D eigenvalue weighted by atomic mass is 10.0. The van der Waals surface area contributed by atoms with E-state index in [1.807, 2.05) is 54.6 Å². The molecule has 2 aromatic heterocycles. The number of methoxy groups -OCH3 is 1. The molecule has 0 saturated carbocycles. The molecular formula is C27H20FIN4O. The molecule has 0 aliphatic carbocycles. The van der Waals surface area contributed by atoms with Crippen LogP contribution in [0.25, 0.3) is 33.4 Å². The standard InChI is InChI=1S/C27H20FIN4O/c1-34-22-8-4-17(5-9-22)18-6-11-25-23(14-18)27(31-21-7-10-24(28)20(13-21)15-29)33-26(32-25)19-3-2-12-30-16-19/h2-14,16H,15H2,1H3,(H,31,32,33). The van der Waals surface area contributed by atoms with Gasteiger partial charge in [0, 0.05) is 33.5 Å². The number of ether oxygens (including phenoxy) is 1. The number of anilines is 2. The van der Waals surface area contributed by atoms with Gasteiger partial charge in [0.2, 0.25) is 0 Å². The Bertz CT molecular complexity index is 1460. The lowest BCUT2D eigenvalue weighted by Gasteiger charge is -2.13. The predicted octanol–water partition coefficient (Wildman–Crippen LogP) is 7.19. The molecule has 0 unspecified atom stereocenters. The highest BCUT2D eigenvalue weighted by atomic mass is 127. The van der Waals surface area contributed by atoms with E-state index in [1.54, 1.807) is 25.6 Å². The van der Waals surface area contributed by atoms with Gasteiger partial charge in [0.1, 0.15) is 17.4 Å². The molecule has 0 atom stereocenters. The van der Waals surface area contributed by atoms with E-state index in [9.17, 15) is 4.39 Å². The molecular weight excluding hydrogens is 542 g/mol. The van der Waals surface area contributed by atoms with Crippen molar-refractivity contribution < 1.29 is 9.13 Å². The molecule has 5 aromatic rings. The highest BCUT2D eigenvalue weighted by Gasteiger charge is 2.13. The smallest absolute Gasteiger partial charge is 0.163 e. The summed E-state index contributed by atoms with van der Waals surface area (Å²) in [5.74, 6) is 1.80. The summed E-state index contributed by atoms with van der Waals surface area (Å²) in [5.41, 5.74) is 5.10. The zero-order chi connectivity index (χ0) is 23.5. The second-order valence-corrected chi connectivity index (χ2v) is 8.43.